The highest BCUT2D eigenvalue weighted by molar-refractivity contribution is 5.97. The van der Waals surface area contributed by atoms with Gasteiger partial charge in [-0.05, 0) is 61.4 Å². The minimum absolute atomic E-state index is 0.0357. The number of carbonyl (C=O) groups excluding carboxylic acids is 1. The first kappa shape index (κ1) is 20.3. The third-order valence-electron chi connectivity index (χ3n) is 6.15. The van der Waals surface area contributed by atoms with Gasteiger partial charge in [0.25, 0.3) is 0 Å². The number of aromatic carboxylic acids is 1. The highest BCUT2D eigenvalue weighted by Crippen LogP contribution is 2.45. The Morgan fingerprint density at radius 1 is 1.03 bits per heavy atom. The number of ketones is 1. The number of Topliss-reactive ketones (excluding diaryl/α,β-unsaturated/α-hetero) is 1. The van der Waals surface area contributed by atoms with Gasteiger partial charge in [0.05, 0.1) is 24.3 Å². The fourth-order valence-electron chi connectivity index (χ4n) is 4.56. The lowest BCUT2D eigenvalue weighted by Gasteiger charge is -2.26. The van der Waals surface area contributed by atoms with E-state index in [1.807, 2.05) is 12.1 Å². The molecule has 2 aromatic rings. The lowest BCUT2D eigenvalue weighted by Crippen LogP contribution is -2.29. The Hall–Kier alpha value is -2.93. The number of carboxylic acid groups (broad SMARTS) is 1. The van der Waals surface area contributed by atoms with E-state index >= 15 is 0 Å². The van der Waals surface area contributed by atoms with Gasteiger partial charge in [0, 0.05) is 23.9 Å². The summed E-state index contributed by atoms with van der Waals surface area (Å²) < 4.78 is 6.13. The summed E-state index contributed by atoms with van der Waals surface area (Å²) in [7, 11) is 0. The van der Waals surface area contributed by atoms with Gasteiger partial charge in [-0.15, -0.1) is 0 Å². The number of carbonyl (C=O) groups is 2. The molecule has 2 bridgehead atoms. The molecule has 2 aliphatic rings. The number of nitrogens with zero attached hydrogens (tertiary/aromatic N) is 3. The van der Waals surface area contributed by atoms with E-state index < -0.39 is 5.97 Å². The molecule has 4 rings (SSSR count). The third kappa shape index (κ3) is 4.62. The van der Waals surface area contributed by atoms with Crippen molar-refractivity contribution in [1.82, 2.24) is 4.98 Å². The molecule has 7 heteroatoms. The number of ether oxygens (including phenoxy) is 1. The van der Waals surface area contributed by atoms with E-state index in [0.29, 0.717) is 29.5 Å². The second kappa shape index (κ2) is 9.26. The maximum absolute atomic E-state index is 12.1. The van der Waals surface area contributed by atoms with Crippen LogP contribution in [0.1, 0.15) is 45.5 Å². The summed E-state index contributed by atoms with van der Waals surface area (Å²) in [6.07, 6.45) is 7.67. The molecule has 7 nitrogen and oxygen atoms in total. The molecule has 3 heterocycles. The van der Waals surface area contributed by atoms with Crippen LogP contribution in [0.15, 0.2) is 59.0 Å². The smallest absolute Gasteiger partial charge is 0.335 e. The van der Waals surface area contributed by atoms with Crippen LogP contribution in [0.3, 0.4) is 0 Å². The van der Waals surface area contributed by atoms with Crippen molar-refractivity contribution < 1.29 is 19.4 Å². The van der Waals surface area contributed by atoms with Gasteiger partial charge in [-0.1, -0.05) is 12.1 Å². The molecule has 0 aliphatic carbocycles. The lowest BCUT2D eigenvalue weighted by atomic mass is 9.76. The molecule has 1 aromatic heterocycles. The number of aromatic nitrogens is 1. The zero-order chi connectivity index (χ0) is 20.9. The second-order valence-corrected chi connectivity index (χ2v) is 7.95. The van der Waals surface area contributed by atoms with Crippen LogP contribution in [0.25, 0.3) is 0 Å². The Labute approximate surface area is 175 Å². The average molecular weight is 407 g/mol. The predicted octanol–water partition coefficient (Wildman–Crippen LogP) is 3.84. The Morgan fingerprint density at radius 2 is 1.80 bits per heavy atom. The summed E-state index contributed by atoms with van der Waals surface area (Å²) in [4.78, 5) is 27.1. The minimum atomic E-state index is -0.907. The fourth-order valence-corrected chi connectivity index (χ4v) is 4.56. The highest BCUT2D eigenvalue weighted by Gasteiger charge is 2.48. The molecular formula is C23H25N3O4. The van der Waals surface area contributed by atoms with Gasteiger partial charge < -0.3 is 9.84 Å². The summed E-state index contributed by atoms with van der Waals surface area (Å²) >= 11 is 0. The fraction of sp³-hybridized carbons (Fsp3) is 0.435. The van der Waals surface area contributed by atoms with Gasteiger partial charge in [-0.2, -0.15) is 10.2 Å². The third-order valence-corrected chi connectivity index (χ3v) is 6.15. The summed E-state index contributed by atoms with van der Waals surface area (Å²) in [5.41, 5.74) is 1.98. The van der Waals surface area contributed by atoms with E-state index in [-0.39, 0.29) is 24.5 Å². The van der Waals surface area contributed by atoms with Crippen LogP contribution in [0, 0.1) is 11.8 Å². The van der Waals surface area contributed by atoms with Gasteiger partial charge in [-0.25, -0.2) is 4.79 Å². The molecule has 1 N–H and O–H groups in total. The standard InChI is InChI=1S/C23H25N3O4/c27-20(17-2-1-11-24-12-17)14-26-25-13-19-18(21-9-10-22(19)30-21)8-5-15-3-6-16(7-4-15)23(28)29/h1-4,6-7,11-12,18-19,21-22H,5,8-10,13-14H2,(H,28,29). The van der Waals surface area contributed by atoms with E-state index in [4.69, 9.17) is 9.84 Å². The molecule has 1 aromatic carbocycles. The Balaban J connectivity index is 1.31. The van der Waals surface area contributed by atoms with Crippen LogP contribution in [0.4, 0.5) is 0 Å². The van der Waals surface area contributed by atoms with Crippen LogP contribution >= 0.6 is 0 Å². The molecule has 2 fully saturated rings. The molecular weight excluding hydrogens is 382 g/mol. The largest absolute Gasteiger partial charge is 0.478 e. The zero-order valence-electron chi connectivity index (χ0n) is 16.7. The van der Waals surface area contributed by atoms with Crippen molar-refractivity contribution >= 4 is 11.8 Å². The van der Waals surface area contributed by atoms with Crippen molar-refractivity contribution in [2.24, 2.45) is 22.1 Å². The number of azo groups is 1. The Bertz CT molecular complexity index is 914. The number of pyridine rings is 1. The number of hydrogen-bond donors (Lipinski definition) is 1. The van der Waals surface area contributed by atoms with Crippen molar-refractivity contribution in [3.8, 4) is 0 Å². The molecule has 0 amide bonds. The van der Waals surface area contributed by atoms with E-state index in [9.17, 15) is 9.59 Å². The van der Waals surface area contributed by atoms with Gasteiger partial charge in [0.2, 0.25) is 0 Å². The summed E-state index contributed by atoms with van der Waals surface area (Å²) in [6, 6.07) is 10.5. The minimum Gasteiger partial charge on any atom is -0.478 e. The number of fused-ring (bicyclic) bond motifs is 2. The Kier molecular flexibility index (Phi) is 6.28. The molecule has 4 unspecified atom stereocenters. The van der Waals surface area contributed by atoms with Crippen LogP contribution in [-0.4, -0.2) is 47.1 Å². The summed E-state index contributed by atoms with van der Waals surface area (Å²) in [5.74, 6) is -0.261. The quantitative estimate of drug-likeness (QED) is 0.503. The molecule has 4 atom stereocenters. The van der Waals surface area contributed by atoms with Crippen molar-refractivity contribution in [3.05, 3.63) is 65.5 Å². The van der Waals surface area contributed by atoms with Crippen LogP contribution in [0.2, 0.25) is 0 Å². The number of carboxylic acids is 1. The summed E-state index contributed by atoms with van der Waals surface area (Å²) in [5, 5.41) is 17.4. The first-order valence-corrected chi connectivity index (χ1v) is 10.4. The monoisotopic (exact) mass is 407 g/mol. The van der Waals surface area contributed by atoms with Crippen LogP contribution < -0.4 is 0 Å². The van der Waals surface area contributed by atoms with Gasteiger partial charge in [0.15, 0.2) is 5.78 Å². The Morgan fingerprint density at radius 3 is 2.50 bits per heavy atom. The van der Waals surface area contributed by atoms with E-state index in [1.165, 1.54) is 0 Å². The van der Waals surface area contributed by atoms with E-state index in [2.05, 4.69) is 15.2 Å². The molecule has 30 heavy (non-hydrogen) atoms. The SMILES string of the molecule is O=C(O)c1ccc(CCC2C3CCC(O3)C2CN=NCC(=O)c2cccnc2)cc1. The zero-order valence-corrected chi connectivity index (χ0v) is 16.7. The van der Waals surface area contributed by atoms with Crippen molar-refractivity contribution in [3.63, 3.8) is 0 Å². The van der Waals surface area contributed by atoms with Gasteiger partial charge >= 0.3 is 5.97 Å². The molecule has 2 saturated heterocycles. The van der Waals surface area contributed by atoms with Crippen molar-refractivity contribution in [1.29, 1.82) is 0 Å². The van der Waals surface area contributed by atoms with Crippen molar-refractivity contribution in [2.75, 3.05) is 13.1 Å². The summed E-state index contributed by atoms with van der Waals surface area (Å²) in [6.45, 7) is 0.609. The maximum atomic E-state index is 12.1. The second-order valence-electron chi connectivity index (χ2n) is 7.95. The average Bonchev–Trinajstić information content (AvgIpc) is 3.38. The molecule has 0 radical (unpaired) electrons. The first-order valence-electron chi connectivity index (χ1n) is 10.4. The van der Waals surface area contributed by atoms with Crippen LogP contribution in [0.5, 0.6) is 0 Å². The number of rotatable bonds is 9. The molecule has 2 aliphatic heterocycles. The van der Waals surface area contributed by atoms with Gasteiger partial charge in [0.1, 0.15) is 6.54 Å². The molecule has 156 valence electrons. The van der Waals surface area contributed by atoms with Crippen molar-refractivity contribution in [2.45, 2.75) is 37.9 Å². The van der Waals surface area contributed by atoms with E-state index in [0.717, 1.165) is 31.2 Å². The van der Waals surface area contributed by atoms with Crippen LogP contribution in [-0.2, 0) is 11.2 Å². The topological polar surface area (TPSA) is 101 Å². The lowest BCUT2D eigenvalue weighted by molar-refractivity contribution is 0.0696. The number of hydrogen-bond acceptors (Lipinski definition) is 6. The maximum Gasteiger partial charge on any atom is 0.335 e. The highest BCUT2D eigenvalue weighted by atomic mass is 16.5. The van der Waals surface area contributed by atoms with E-state index in [1.54, 1.807) is 36.7 Å². The first-order chi connectivity index (χ1) is 14.6. The predicted molar refractivity (Wildman–Crippen MR) is 110 cm³/mol. The normalized spacial score (nSPS) is 25.1. The molecule has 0 spiro atoms. The number of benzene rings is 1. The molecule has 0 saturated carbocycles. The van der Waals surface area contributed by atoms with Gasteiger partial charge in [-0.3, -0.25) is 9.78 Å². The number of aryl methyl sites for hydroxylation is 1.